The Morgan fingerprint density at radius 1 is 1.07 bits per heavy atom. The number of hydrogen-bond acceptors (Lipinski definition) is 3. The molecule has 0 amide bonds. The molecule has 0 N–H and O–H groups in total. The molecule has 15 heavy (non-hydrogen) atoms. The highest BCUT2D eigenvalue weighted by molar-refractivity contribution is 5.84. The summed E-state index contributed by atoms with van der Waals surface area (Å²) in [5.41, 5.74) is 0. The van der Waals surface area contributed by atoms with Crippen LogP contribution in [0.1, 0.15) is 38.5 Å². The zero-order valence-electron chi connectivity index (χ0n) is 9.15. The average molecular weight is 209 g/mol. The van der Waals surface area contributed by atoms with Gasteiger partial charge in [-0.25, -0.2) is 0 Å². The van der Waals surface area contributed by atoms with Gasteiger partial charge in [0.1, 0.15) is 5.78 Å². The second kappa shape index (κ2) is 3.87. The third-order valence-electron chi connectivity index (χ3n) is 4.03. The van der Waals surface area contributed by atoms with Gasteiger partial charge in [-0.05, 0) is 25.7 Å². The highest BCUT2D eigenvalue weighted by atomic mass is 16.5. The number of likely N-dealkylation sites (tertiary alicyclic amines) is 1. The first kappa shape index (κ1) is 9.79. The number of fused-ring (bicyclic) bond motifs is 2. The Morgan fingerprint density at radius 2 is 1.80 bits per heavy atom. The fourth-order valence-electron chi connectivity index (χ4n) is 3.25. The molecule has 0 aromatic carbocycles. The van der Waals surface area contributed by atoms with Gasteiger partial charge in [-0.2, -0.15) is 0 Å². The van der Waals surface area contributed by atoms with Crippen LogP contribution in [0.25, 0.3) is 0 Å². The normalized spacial score (nSPS) is 42.1. The van der Waals surface area contributed by atoms with E-state index in [2.05, 4.69) is 4.90 Å². The lowest BCUT2D eigenvalue weighted by Gasteiger charge is -2.38. The van der Waals surface area contributed by atoms with Crippen LogP contribution in [0.2, 0.25) is 0 Å². The summed E-state index contributed by atoms with van der Waals surface area (Å²) in [4.78, 5) is 14.2. The summed E-state index contributed by atoms with van der Waals surface area (Å²) in [6.45, 7) is 1.99. The maximum Gasteiger partial charge on any atom is 0.149 e. The zero-order chi connectivity index (χ0) is 10.3. The largest absolute Gasteiger partial charge is 0.372 e. The van der Waals surface area contributed by atoms with Crippen LogP contribution in [0, 0.1) is 0 Å². The minimum absolute atomic E-state index is 0.228. The van der Waals surface area contributed by atoms with Crippen molar-refractivity contribution < 1.29 is 9.53 Å². The second-order valence-electron chi connectivity index (χ2n) is 5.14. The fraction of sp³-hybridized carbons (Fsp3) is 0.917. The van der Waals surface area contributed by atoms with Crippen molar-refractivity contribution in [1.82, 2.24) is 4.90 Å². The average Bonchev–Trinajstić information content (AvgIpc) is 2.58. The van der Waals surface area contributed by atoms with Gasteiger partial charge in [0.15, 0.2) is 0 Å². The zero-order valence-corrected chi connectivity index (χ0v) is 9.15. The fourth-order valence-corrected chi connectivity index (χ4v) is 3.25. The Bertz CT molecular complexity index is 254. The van der Waals surface area contributed by atoms with Gasteiger partial charge in [-0.1, -0.05) is 6.42 Å². The molecule has 2 heterocycles. The van der Waals surface area contributed by atoms with Crippen molar-refractivity contribution in [3.63, 3.8) is 0 Å². The van der Waals surface area contributed by atoms with E-state index in [4.69, 9.17) is 4.74 Å². The van der Waals surface area contributed by atoms with E-state index in [1.165, 1.54) is 19.3 Å². The van der Waals surface area contributed by atoms with Gasteiger partial charge in [0.05, 0.1) is 18.2 Å². The molecule has 3 atom stereocenters. The lowest BCUT2D eigenvalue weighted by atomic mass is 9.92. The predicted molar refractivity (Wildman–Crippen MR) is 56.7 cm³/mol. The Morgan fingerprint density at radius 3 is 2.47 bits per heavy atom. The van der Waals surface area contributed by atoms with Gasteiger partial charge >= 0.3 is 0 Å². The van der Waals surface area contributed by atoms with Crippen LogP contribution in [-0.4, -0.2) is 42.0 Å². The number of hydrogen-bond donors (Lipinski definition) is 0. The molecule has 0 spiro atoms. The minimum atomic E-state index is 0.228. The lowest BCUT2D eigenvalue weighted by molar-refractivity contribution is -0.130. The van der Waals surface area contributed by atoms with Crippen molar-refractivity contribution in [1.29, 1.82) is 0 Å². The first-order valence-corrected chi connectivity index (χ1v) is 6.25. The Hall–Kier alpha value is -0.410. The molecule has 1 saturated carbocycles. The summed E-state index contributed by atoms with van der Waals surface area (Å²) in [6, 6.07) is 0.228. The topological polar surface area (TPSA) is 29.5 Å². The molecule has 3 aliphatic rings. The van der Waals surface area contributed by atoms with Gasteiger partial charge in [0, 0.05) is 19.5 Å². The van der Waals surface area contributed by atoms with Gasteiger partial charge in [0.25, 0.3) is 0 Å². The predicted octanol–water partition coefficient (Wildman–Crippen LogP) is 1.36. The highest BCUT2D eigenvalue weighted by Crippen LogP contribution is 2.30. The molecule has 3 nitrogen and oxygen atoms in total. The van der Waals surface area contributed by atoms with E-state index in [9.17, 15) is 4.79 Å². The summed E-state index contributed by atoms with van der Waals surface area (Å²) in [5, 5.41) is 0. The minimum Gasteiger partial charge on any atom is -0.372 e. The number of carbonyl (C=O) groups is 1. The molecular formula is C12H19NO2. The highest BCUT2D eigenvalue weighted by Gasteiger charge is 2.38. The van der Waals surface area contributed by atoms with Crippen molar-refractivity contribution >= 4 is 5.78 Å². The van der Waals surface area contributed by atoms with E-state index in [-0.39, 0.29) is 6.04 Å². The smallest absolute Gasteiger partial charge is 0.149 e. The van der Waals surface area contributed by atoms with Crippen LogP contribution in [0.15, 0.2) is 0 Å². The van der Waals surface area contributed by atoms with Gasteiger partial charge < -0.3 is 4.74 Å². The molecule has 84 valence electrons. The first-order valence-electron chi connectivity index (χ1n) is 6.25. The third-order valence-corrected chi connectivity index (χ3v) is 4.03. The summed E-state index contributed by atoms with van der Waals surface area (Å²) in [7, 11) is 0. The molecule has 3 fully saturated rings. The summed E-state index contributed by atoms with van der Waals surface area (Å²) < 4.78 is 5.80. The van der Waals surface area contributed by atoms with Crippen LogP contribution in [0.4, 0.5) is 0 Å². The summed E-state index contributed by atoms with van der Waals surface area (Å²) in [6.07, 6.45) is 7.44. The molecule has 2 aliphatic heterocycles. The standard InChI is InChI=1S/C12H19NO2/c14-12-4-2-1-3-11(12)13-7-9-5-6-10(8-13)15-9/h9-11H,1-8H2. The maximum atomic E-state index is 11.8. The molecule has 2 saturated heterocycles. The van der Waals surface area contributed by atoms with Crippen molar-refractivity contribution in [2.75, 3.05) is 13.1 Å². The SMILES string of the molecule is O=C1CCCCC1N1CC2CCC(C1)O2. The number of morpholine rings is 1. The van der Waals surface area contributed by atoms with Gasteiger partial charge in [-0.15, -0.1) is 0 Å². The van der Waals surface area contributed by atoms with Crippen LogP contribution in [0.5, 0.6) is 0 Å². The van der Waals surface area contributed by atoms with Gasteiger partial charge in [0.2, 0.25) is 0 Å². The number of carbonyl (C=O) groups excluding carboxylic acids is 1. The van der Waals surface area contributed by atoms with Gasteiger partial charge in [-0.3, -0.25) is 9.69 Å². The monoisotopic (exact) mass is 209 g/mol. The van der Waals surface area contributed by atoms with Crippen LogP contribution in [0.3, 0.4) is 0 Å². The second-order valence-corrected chi connectivity index (χ2v) is 5.14. The van der Waals surface area contributed by atoms with Crippen molar-refractivity contribution in [3.8, 4) is 0 Å². The Kier molecular flexibility index (Phi) is 2.53. The van der Waals surface area contributed by atoms with Crippen LogP contribution < -0.4 is 0 Å². The van der Waals surface area contributed by atoms with E-state index in [1.807, 2.05) is 0 Å². The van der Waals surface area contributed by atoms with Crippen LogP contribution >= 0.6 is 0 Å². The molecule has 2 bridgehead atoms. The molecule has 0 aromatic heterocycles. The van der Waals surface area contributed by atoms with E-state index in [1.54, 1.807) is 0 Å². The Balaban J connectivity index is 1.68. The Labute approximate surface area is 90.8 Å². The maximum absolute atomic E-state index is 11.8. The summed E-state index contributed by atoms with van der Waals surface area (Å²) >= 11 is 0. The van der Waals surface area contributed by atoms with Crippen molar-refractivity contribution in [2.24, 2.45) is 0 Å². The first-order chi connectivity index (χ1) is 7.33. The van der Waals surface area contributed by atoms with Crippen molar-refractivity contribution in [3.05, 3.63) is 0 Å². The van der Waals surface area contributed by atoms with Crippen molar-refractivity contribution in [2.45, 2.75) is 56.8 Å². The number of rotatable bonds is 1. The number of Topliss-reactive ketones (excluding diaryl/α,β-unsaturated/α-hetero) is 1. The summed E-state index contributed by atoms with van der Waals surface area (Å²) in [5.74, 6) is 0.475. The van der Waals surface area contributed by atoms with E-state index >= 15 is 0 Å². The molecule has 3 heteroatoms. The van der Waals surface area contributed by atoms with Crippen LogP contribution in [-0.2, 0) is 9.53 Å². The quantitative estimate of drug-likeness (QED) is 0.653. The third kappa shape index (κ3) is 1.83. The molecular weight excluding hydrogens is 190 g/mol. The number of nitrogens with zero attached hydrogens (tertiary/aromatic N) is 1. The molecule has 3 unspecified atom stereocenters. The van der Waals surface area contributed by atoms with E-state index in [0.717, 1.165) is 32.4 Å². The number of ether oxygens (including phenoxy) is 1. The lowest BCUT2D eigenvalue weighted by Crippen LogP contribution is -2.51. The van der Waals surface area contributed by atoms with E-state index < -0.39 is 0 Å². The molecule has 0 aromatic rings. The number of ketones is 1. The van der Waals surface area contributed by atoms with E-state index in [0.29, 0.717) is 18.0 Å². The molecule has 1 aliphatic carbocycles. The molecule has 0 radical (unpaired) electrons. The molecule has 3 rings (SSSR count).